The Balaban J connectivity index is 1.20. The van der Waals surface area contributed by atoms with Gasteiger partial charge in [0.05, 0.1) is 0 Å². The van der Waals surface area contributed by atoms with E-state index in [9.17, 15) is 4.79 Å². The molecular formula is C29H36O2. The van der Waals surface area contributed by atoms with Crippen LogP contribution in [0.15, 0.2) is 42.5 Å². The molecule has 3 aliphatic rings. The van der Waals surface area contributed by atoms with Gasteiger partial charge in [-0.15, -0.1) is 0 Å². The Hall–Kier alpha value is -2.35. The Morgan fingerprint density at radius 3 is 2.13 bits per heavy atom. The zero-order valence-electron chi connectivity index (χ0n) is 19.1. The number of fused-ring (bicyclic) bond motifs is 5. The molecular weight excluding hydrogens is 380 g/mol. The van der Waals surface area contributed by atoms with Crippen molar-refractivity contribution < 1.29 is 9.53 Å². The lowest BCUT2D eigenvalue weighted by Gasteiger charge is -2.06. The number of rotatable bonds is 13. The highest BCUT2D eigenvalue weighted by atomic mass is 16.5. The van der Waals surface area contributed by atoms with E-state index >= 15 is 0 Å². The normalized spacial score (nSPS) is 12.3. The summed E-state index contributed by atoms with van der Waals surface area (Å²) in [5, 5.41) is 2.49. The first-order chi connectivity index (χ1) is 15.3. The van der Waals surface area contributed by atoms with E-state index in [1.807, 2.05) is 0 Å². The number of hydrogen-bond acceptors (Lipinski definition) is 2. The molecule has 2 heteroatoms. The second kappa shape index (κ2) is 10.8. The van der Waals surface area contributed by atoms with E-state index in [0.29, 0.717) is 6.42 Å². The number of benzene rings is 1. The lowest BCUT2D eigenvalue weighted by Crippen LogP contribution is -2.07. The van der Waals surface area contributed by atoms with Crippen molar-refractivity contribution in [2.75, 3.05) is 0 Å². The molecule has 0 amide bonds. The van der Waals surface area contributed by atoms with Crippen LogP contribution in [-0.2, 0) is 11.2 Å². The molecule has 0 heterocycles. The molecule has 4 rings (SSSR count). The Kier molecular flexibility index (Phi) is 7.61. The van der Waals surface area contributed by atoms with E-state index in [0.717, 1.165) is 25.0 Å². The predicted octanol–water partition coefficient (Wildman–Crippen LogP) is 8.46. The van der Waals surface area contributed by atoms with Gasteiger partial charge in [0.15, 0.2) is 0 Å². The van der Waals surface area contributed by atoms with Gasteiger partial charge in [0.25, 0.3) is 0 Å². The van der Waals surface area contributed by atoms with Gasteiger partial charge >= 0.3 is 5.97 Å². The number of carbonyl (C=O) groups is 1. The molecule has 0 fully saturated rings. The van der Waals surface area contributed by atoms with Crippen molar-refractivity contribution in [3.8, 4) is 16.9 Å². The summed E-state index contributed by atoms with van der Waals surface area (Å²) in [6, 6.07) is 14.9. The van der Waals surface area contributed by atoms with Gasteiger partial charge in [-0.1, -0.05) is 108 Å². The van der Waals surface area contributed by atoms with E-state index in [1.54, 1.807) is 0 Å². The van der Waals surface area contributed by atoms with Crippen LogP contribution >= 0.6 is 0 Å². The van der Waals surface area contributed by atoms with Crippen LogP contribution in [0.1, 0.15) is 95.1 Å². The van der Waals surface area contributed by atoms with Gasteiger partial charge in [-0.3, -0.25) is 4.79 Å². The van der Waals surface area contributed by atoms with Crippen LogP contribution in [0, 0.1) is 0 Å². The molecule has 0 aliphatic heterocycles. The molecule has 2 nitrogen and oxygen atoms in total. The van der Waals surface area contributed by atoms with Crippen LogP contribution in [0.4, 0.5) is 0 Å². The monoisotopic (exact) mass is 416 g/mol. The quantitative estimate of drug-likeness (QED) is 0.124. The van der Waals surface area contributed by atoms with Gasteiger partial charge < -0.3 is 4.74 Å². The predicted molar refractivity (Wildman–Crippen MR) is 130 cm³/mol. The zero-order valence-corrected chi connectivity index (χ0v) is 19.1. The van der Waals surface area contributed by atoms with E-state index in [1.165, 1.54) is 90.8 Å². The topological polar surface area (TPSA) is 26.3 Å². The molecule has 31 heavy (non-hydrogen) atoms. The molecule has 3 aliphatic carbocycles. The van der Waals surface area contributed by atoms with Gasteiger partial charge in [-0.05, 0) is 39.9 Å². The lowest BCUT2D eigenvalue weighted by molar-refractivity contribution is -0.134. The number of unbranched alkanes of at least 4 members (excludes halogenated alkanes) is 10. The summed E-state index contributed by atoms with van der Waals surface area (Å²) in [6.45, 7) is 2.27. The summed E-state index contributed by atoms with van der Waals surface area (Å²) in [4.78, 5) is 12.4. The highest BCUT2D eigenvalue weighted by Crippen LogP contribution is 2.45. The van der Waals surface area contributed by atoms with Gasteiger partial charge in [0.1, 0.15) is 5.75 Å². The summed E-state index contributed by atoms with van der Waals surface area (Å²) < 4.78 is 5.81. The molecule has 0 unspecified atom stereocenters. The number of esters is 1. The molecule has 0 atom stereocenters. The highest BCUT2D eigenvalue weighted by Gasteiger charge is 2.27. The molecule has 0 spiro atoms. The first kappa shape index (κ1) is 21.9. The summed E-state index contributed by atoms with van der Waals surface area (Å²) in [6.07, 6.45) is 15.7. The van der Waals surface area contributed by atoms with Crippen molar-refractivity contribution in [3.63, 3.8) is 0 Å². The van der Waals surface area contributed by atoms with Crippen LogP contribution in [0.25, 0.3) is 21.9 Å². The Morgan fingerprint density at radius 2 is 1.42 bits per heavy atom. The summed E-state index contributed by atoms with van der Waals surface area (Å²) >= 11 is 0. The average Bonchev–Trinajstić information content (AvgIpc) is 3.48. The molecule has 0 N–H and O–H groups in total. The Labute approximate surface area is 187 Å². The summed E-state index contributed by atoms with van der Waals surface area (Å²) in [5.41, 5.74) is 5.02. The number of carbonyl (C=O) groups excluding carboxylic acids is 1. The molecule has 164 valence electrons. The molecule has 0 aromatic heterocycles. The first-order valence-electron chi connectivity index (χ1n) is 12.4. The van der Waals surface area contributed by atoms with Crippen molar-refractivity contribution in [2.45, 2.75) is 90.4 Å². The van der Waals surface area contributed by atoms with Gasteiger partial charge in [-0.2, -0.15) is 0 Å². The maximum Gasteiger partial charge on any atom is 0.311 e. The standard InChI is InChI=1S/C29H36O2/c1-2-3-4-5-6-7-8-9-10-11-12-19-29(30)31-28-21-26-23-17-13-15-22(23)16-14-18-24(26)25-20-27(25)28/h13-18,21H,2-12,19-20H2,1H3. The fourth-order valence-electron chi connectivity index (χ4n) is 4.77. The zero-order chi connectivity index (χ0) is 21.5. The fourth-order valence-corrected chi connectivity index (χ4v) is 4.77. The second-order valence-corrected chi connectivity index (χ2v) is 9.15. The maximum absolute atomic E-state index is 12.4. The lowest BCUT2D eigenvalue weighted by atomic mass is 10.1. The van der Waals surface area contributed by atoms with E-state index in [-0.39, 0.29) is 5.97 Å². The maximum atomic E-state index is 12.4. The van der Waals surface area contributed by atoms with Crippen molar-refractivity contribution in [1.82, 2.24) is 0 Å². The van der Waals surface area contributed by atoms with Crippen LogP contribution in [0.2, 0.25) is 0 Å². The van der Waals surface area contributed by atoms with Gasteiger partial charge in [0, 0.05) is 18.4 Å². The molecule has 0 saturated heterocycles. The van der Waals surface area contributed by atoms with Crippen LogP contribution < -0.4 is 4.74 Å². The summed E-state index contributed by atoms with van der Waals surface area (Å²) in [5.74, 6) is 0.702. The minimum atomic E-state index is -0.0802. The van der Waals surface area contributed by atoms with Crippen molar-refractivity contribution in [3.05, 3.63) is 53.6 Å². The third kappa shape index (κ3) is 5.67. The third-order valence-electron chi connectivity index (χ3n) is 6.67. The van der Waals surface area contributed by atoms with E-state index in [4.69, 9.17) is 4.74 Å². The Bertz CT molecular complexity index is 988. The first-order valence-corrected chi connectivity index (χ1v) is 12.4. The minimum absolute atomic E-state index is 0.0802. The van der Waals surface area contributed by atoms with Crippen LogP contribution in [-0.4, -0.2) is 5.97 Å². The average molecular weight is 417 g/mol. The van der Waals surface area contributed by atoms with Crippen molar-refractivity contribution in [1.29, 1.82) is 0 Å². The SMILES string of the molecule is CCCCCCCCCCCCCC(=O)Oc1cc2c3cccc-3cccc2c2c1C2. The number of hydrogen-bond donors (Lipinski definition) is 0. The smallest absolute Gasteiger partial charge is 0.311 e. The molecule has 1 aromatic carbocycles. The van der Waals surface area contributed by atoms with Crippen molar-refractivity contribution in [2.24, 2.45) is 0 Å². The van der Waals surface area contributed by atoms with Crippen LogP contribution in [0.3, 0.4) is 0 Å². The third-order valence-corrected chi connectivity index (χ3v) is 6.67. The van der Waals surface area contributed by atoms with E-state index in [2.05, 4.69) is 49.4 Å². The molecule has 0 bridgehead atoms. The minimum Gasteiger partial charge on any atom is -0.426 e. The second-order valence-electron chi connectivity index (χ2n) is 9.15. The fraction of sp³-hybridized carbons (Fsp3) is 0.483. The summed E-state index contributed by atoms with van der Waals surface area (Å²) in [7, 11) is 0. The molecule has 0 saturated carbocycles. The van der Waals surface area contributed by atoms with Crippen LogP contribution in [0.5, 0.6) is 5.75 Å². The van der Waals surface area contributed by atoms with Gasteiger partial charge in [-0.25, -0.2) is 0 Å². The largest absolute Gasteiger partial charge is 0.426 e. The number of ether oxygens (including phenoxy) is 1. The molecule has 0 radical (unpaired) electrons. The molecule has 1 aromatic rings. The van der Waals surface area contributed by atoms with E-state index < -0.39 is 0 Å². The van der Waals surface area contributed by atoms with Gasteiger partial charge in [0.2, 0.25) is 0 Å². The highest BCUT2D eigenvalue weighted by molar-refractivity contribution is 6.02. The Morgan fingerprint density at radius 1 is 0.774 bits per heavy atom. The van der Waals surface area contributed by atoms with Crippen molar-refractivity contribution >= 4 is 16.7 Å².